The van der Waals surface area contributed by atoms with Crippen molar-refractivity contribution < 1.29 is 18.0 Å². The Hall–Kier alpha value is -3.87. The van der Waals surface area contributed by atoms with E-state index in [4.69, 9.17) is 11.6 Å². The van der Waals surface area contributed by atoms with Crippen molar-refractivity contribution in [3.05, 3.63) is 82.5 Å². The number of carbonyl (C=O) groups excluding carboxylic acids is 1. The summed E-state index contributed by atoms with van der Waals surface area (Å²) < 4.78 is 41.6. The first-order valence-corrected chi connectivity index (χ1v) is 12.5. The van der Waals surface area contributed by atoms with Gasteiger partial charge in [0.2, 0.25) is 0 Å². The van der Waals surface area contributed by atoms with Crippen LogP contribution < -0.4 is 26.2 Å². The standard InChI is InChI=1S/C26H26ClF3N8O/c1-16-3-4-19(11-22(16)38-14-21(34-35-38)18-12-31-15-32-13-18)33-25(39)17-9-20(26(28,29)30)24(27)23(10-17)37-7-5-36(2)6-8-37/h3-4,9-15,34-35H,5-8H2,1-2H3,(H,33,39). The Balaban J connectivity index is 1.42. The molecular weight excluding hydrogens is 533 g/mol. The molecule has 0 radical (unpaired) electrons. The summed E-state index contributed by atoms with van der Waals surface area (Å²) in [6, 6.07) is 7.46. The first-order valence-electron chi connectivity index (χ1n) is 12.1. The lowest BCUT2D eigenvalue weighted by Crippen LogP contribution is -2.44. The van der Waals surface area contributed by atoms with Crippen molar-refractivity contribution in [3.63, 3.8) is 0 Å². The quantitative estimate of drug-likeness (QED) is 0.427. The molecular formula is C26H26ClF3N8O. The van der Waals surface area contributed by atoms with Crippen LogP contribution in [-0.4, -0.2) is 54.0 Å². The zero-order valence-electron chi connectivity index (χ0n) is 21.2. The van der Waals surface area contributed by atoms with Crippen LogP contribution in [0.1, 0.15) is 27.0 Å². The molecule has 0 saturated carbocycles. The smallest absolute Gasteiger partial charge is 0.368 e. The van der Waals surface area contributed by atoms with Crippen LogP contribution in [0.2, 0.25) is 5.02 Å². The third-order valence-corrected chi connectivity index (χ3v) is 7.03. The van der Waals surface area contributed by atoms with Gasteiger partial charge in [0.1, 0.15) is 6.33 Å². The van der Waals surface area contributed by atoms with E-state index in [-0.39, 0.29) is 11.3 Å². The van der Waals surface area contributed by atoms with Gasteiger partial charge < -0.3 is 20.5 Å². The number of nitrogens with zero attached hydrogens (tertiary/aromatic N) is 5. The molecule has 1 amide bonds. The second-order valence-corrected chi connectivity index (χ2v) is 9.76. The summed E-state index contributed by atoms with van der Waals surface area (Å²) in [5.41, 5.74) is 8.64. The summed E-state index contributed by atoms with van der Waals surface area (Å²) in [4.78, 5) is 25.1. The lowest BCUT2D eigenvalue weighted by atomic mass is 10.1. The molecule has 5 rings (SSSR count). The zero-order chi connectivity index (χ0) is 27.7. The van der Waals surface area contributed by atoms with Crippen molar-refractivity contribution in [2.75, 3.05) is 48.5 Å². The molecule has 1 saturated heterocycles. The molecule has 3 N–H and O–H groups in total. The minimum absolute atomic E-state index is 0.130. The molecule has 0 atom stereocenters. The van der Waals surface area contributed by atoms with Gasteiger partial charge >= 0.3 is 6.18 Å². The van der Waals surface area contributed by atoms with Gasteiger partial charge in [0.25, 0.3) is 5.91 Å². The number of nitrogens with one attached hydrogen (secondary N) is 3. The number of likely N-dealkylation sites (N-methyl/N-ethyl adjacent to an activating group) is 1. The van der Waals surface area contributed by atoms with Crippen molar-refractivity contribution in [2.45, 2.75) is 13.1 Å². The number of aryl methyl sites for hydroxylation is 1. The van der Waals surface area contributed by atoms with Gasteiger partial charge in [-0.05, 0) is 43.8 Å². The monoisotopic (exact) mass is 558 g/mol. The Kier molecular flexibility index (Phi) is 7.34. The lowest BCUT2D eigenvalue weighted by Gasteiger charge is -2.35. The predicted molar refractivity (Wildman–Crippen MR) is 144 cm³/mol. The minimum atomic E-state index is -4.71. The topological polar surface area (TPSA) is 88.7 Å². The number of benzene rings is 2. The van der Waals surface area contributed by atoms with Crippen LogP contribution >= 0.6 is 11.6 Å². The second kappa shape index (κ2) is 10.7. The third kappa shape index (κ3) is 5.77. The normalized spacial score (nSPS) is 16.2. The summed E-state index contributed by atoms with van der Waals surface area (Å²) in [5.74, 6) is -0.674. The average Bonchev–Trinajstić information content (AvgIpc) is 3.40. The first kappa shape index (κ1) is 26.7. The van der Waals surface area contributed by atoms with Gasteiger partial charge in [0.15, 0.2) is 0 Å². The van der Waals surface area contributed by atoms with Gasteiger partial charge in [-0.25, -0.2) is 9.97 Å². The first-order chi connectivity index (χ1) is 18.6. The number of hydrogen-bond acceptors (Lipinski definition) is 8. The van der Waals surface area contributed by atoms with Gasteiger partial charge in [-0.15, -0.1) is 5.53 Å². The number of anilines is 3. The molecule has 1 aromatic heterocycles. The molecule has 0 spiro atoms. The molecule has 0 unspecified atom stereocenters. The molecule has 204 valence electrons. The Morgan fingerprint density at radius 1 is 1.05 bits per heavy atom. The van der Waals surface area contributed by atoms with Crippen LogP contribution in [0.4, 0.5) is 30.2 Å². The highest BCUT2D eigenvalue weighted by molar-refractivity contribution is 6.34. The van der Waals surface area contributed by atoms with E-state index < -0.39 is 22.7 Å². The fourth-order valence-corrected chi connectivity index (χ4v) is 4.74. The van der Waals surface area contributed by atoms with E-state index in [1.807, 2.05) is 26.2 Å². The SMILES string of the molecule is Cc1ccc(NC(=O)c2cc(N3CCN(C)CC3)c(Cl)c(C(F)(F)F)c2)cc1N1C=C(c2cncnc2)NN1. The van der Waals surface area contributed by atoms with Crippen LogP contribution in [-0.2, 0) is 6.18 Å². The molecule has 9 nitrogen and oxygen atoms in total. The predicted octanol–water partition coefficient (Wildman–Crippen LogP) is 4.29. The molecule has 2 aromatic carbocycles. The number of alkyl halides is 3. The Morgan fingerprint density at radius 2 is 1.77 bits per heavy atom. The number of hydrazine groups is 2. The van der Waals surface area contributed by atoms with Crippen molar-refractivity contribution in [3.8, 4) is 0 Å². The maximum absolute atomic E-state index is 13.9. The number of hydrogen-bond donors (Lipinski definition) is 3. The van der Waals surface area contributed by atoms with Gasteiger partial charge in [-0.3, -0.25) is 9.80 Å². The third-order valence-electron chi connectivity index (χ3n) is 6.63. The number of halogens is 4. The molecule has 39 heavy (non-hydrogen) atoms. The molecule has 3 aromatic rings. The highest BCUT2D eigenvalue weighted by Crippen LogP contribution is 2.41. The van der Waals surface area contributed by atoms with Crippen molar-refractivity contribution in [2.24, 2.45) is 0 Å². The summed E-state index contributed by atoms with van der Waals surface area (Å²) in [6.45, 7) is 4.25. The average molecular weight is 559 g/mol. The van der Waals surface area contributed by atoms with Crippen LogP contribution in [0.25, 0.3) is 5.70 Å². The van der Waals surface area contributed by atoms with E-state index in [1.165, 1.54) is 12.4 Å². The van der Waals surface area contributed by atoms with Gasteiger partial charge in [0.05, 0.1) is 27.7 Å². The number of piperazine rings is 1. The van der Waals surface area contributed by atoms with Crippen LogP contribution in [0, 0.1) is 6.92 Å². The summed E-state index contributed by atoms with van der Waals surface area (Å²) in [5, 5.41) is 4.06. The van der Waals surface area contributed by atoms with Crippen LogP contribution in [0.3, 0.4) is 0 Å². The Morgan fingerprint density at radius 3 is 2.46 bits per heavy atom. The number of rotatable bonds is 5. The number of aromatic nitrogens is 2. The zero-order valence-corrected chi connectivity index (χ0v) is 21.9. The van der Waals surface area contributed by atoms with E-state index in [9.17, 15) is 18.0 Å². The highest BCUT2D eigenvalue weighted by Gasteiger charge is 2.36. The maximum atomic E-state index is 13.9. The fourth-order valence-electron chi connectivity index (χ4n) is 4.40. The summed E-state index contributed by atoms with van der Waals surface area (Å²) >= 11 is 6.23. The molecule has 0 bridgehead atoms. The van der Waals surface area contributed by atoms with Crippen molar-refractivity contribution >= 4 is 40.3 Å². The van der Waals surface area contributed by atoms with Crippen molar-refractivity contribution in [1.82, 2.24) is 25.8 Å². The van der Waals surface area contributed by atoms with Crippen LogP contribution in [0.15, 0.2) is 55.3 Å². The lowest BCUT2D eigenvalue weighted by molar-refractivity contribution is -0.137. The van der Waals surface area contributed by atoms with E-state index in [1.54, 1.807) is 34.4 Å². The molecule has 13 heteroatoms. The summed E-state index contributed by atoms with van der Waals surface area (Å²) in [7, 11) is 1.94. The van der Waals surface area contributed by atoms with Gasteiger partial charge in [-0.1, -0.05) is 17.7 Å². The molecule has 0 aliphatic carbocycles. The molecule has 1 fully saturated rings. The Labute approximate surface area is 228 Å². The number of carbonyl (C=O) groups is 1. The second-order valence-electron chi connectivity index (χ2n) is 9.38. The van der Waals surface area contributed by atoms with E-state index in [2.05, 4.69) is 31.1 Å². The maximum Gasteiger partial charge on any atom is 0.417 e. The van der Waals surface area contributed by atoms with E-state index >= 15 is 0 Å². The van der Waals surface area contributed by atoms with Crippen LogP contribution in [0.5, 0.6) is 0 Å². The molecule has 3 heterocycles. The highest BCUT2D eigenvalue weighted by atomic mass is 35.5. The summed E-state index contributed by atoms with van der Waals surface area (Å²) in [6.07, 6.45) is 1.86. The largest absolute Gasteiger partial charge is 0.417 e. The number of amides is 1. The van der Waals surface area contributed by atoms with E-state index in [0.717, 1.165) is 28.6 Å². The van der Waals surface area contributed by atoms with Crippen molar-refractivity contribution in [1.29, 1.82) is 0 Å². The Bertz CT molecular complexity index is 1410. The van der Waals surface area contributed by atoms with Gasteiger partial charge in [-0.2, -0.15) is 13.2 Å². The minimum Gasteiger partial charge on any atom is -0.368 e. The fraction of sp³-hybridized carbons (Fsp3) is 0.269. The van der Waals surface area contributed by atoms with Gasteiger partial charge in [0, 0.05) is 61.6 Å². The molecule has 2 aliphatic rings. The van der Waals surface area contributed by atoms with E-state index in [0.29, 0.717) is 31.9 Å². The molecule has 2 aliphatic heterocycles.